The first-order chi connectivity index (χ1) is 25.3. The number of fused-ring (bicyclic) bond motifs is 14. The number of nitrogens with zero attached hydrogens (tertiary/aromatic N) is 1. The minimum atomic E-state index is -2.04. The van der Waals surface area contributed by atoms with Gasteiger partial charge in [0, 0.05) is 68.2 Å². The van der Waals surface area contributed by atoms with Crippen molar-refractivity contribution in [3.8, 4) is 23.0 Å². The number of anilines is 1. The smallest absolute Gasteiger partial charge is 0.312 e. The Morgan fingerprint density at radius 3 is 2.26 bits per heavy atom. The first-order valence-electron chi connectivity index (χ1n) is 17.6. The van der Waals surface area contributed by atoms with Gasteiger partial charge in [0.25, 0.3) is 11.7 Å². The average molecular weight is 754 g/mol. The van der Waals surface area contributed by atoms with Crippen LogP contribution in [0.2, 0.25) is 0 Å². The van der Waals surface area contributed by atoms with E-state index in [9.17, 15) is 39.9 Å². The van der Waals surface area contributed by atoms with Crippen LogP contribution in [0.3, 0.4) is 0 Å². The normalized spacial score (nSPS) is 31.7. The number of rotatable bonds is 4. The maximum absolute atomic E-state index is 14.2. The van der Waals surface area contributed by atoms with E-state index in [1.807, 2.05) is 0 Å². The maximum atomic E-state index is 14.2. The minimum Gasteiger partial charge on any atom is -0.507 e. The van der Waals surface area contributed by atoms with E-state index >= 15 is 0 Å². The molecule has 0 radical (unpaired) electrons. The monoisotopic (exact) mass is 753 g/mol. The van der Waals surface area contributed by atoms with Crippen LogP contribution in [0.25, 0.3) is 10.8 Å². The van der Waals surface area contributed by atoms with Crippen LogP contribution in [0.1, 0.15) is 70.0 Å². The molecule has 0 spiro atoms. The Bertz CT molecular complexity index is 1920. The quantitative estimate of drug-likeness (QED) is 0.0761. The molecule has 0 saturated heterocycles. The van der Waals surface area contributed by atoms with E-state index in [0.717, 1.165) is 6.21 Å². The summed E-state index contributed by atoms with van der Waals surface area (Å²) in [4.78, 5) is 39.9. The Labute approximate surface area is 313 Å². The zero-order chi connectivity index (χ0) is 40.4. The van der Waals surface area contributed by atoms with Crippen molar-refractivity contribution in [1.82, 2.24) is 5.43 Å². The summed E-state index contributed by atoms with van der Waals surface area (Å²) in [6.45, 7) is 12.4. The first kappa shape index (κ1) is 41.6. The molecule has 5 rings (SSSR count). The van der Waals surface area contributed by atoms with Crippen molar-refractivity contribution in [2.24, 2.45) is 28.8 Å². The molecular weight excluding hydrogens is 702 g/mol. The standard InChI is InChI=1S/C39H51N3O12/c1-17-12-11-13-18(2)38(50)42-29-24(16-41-40-9)33(47)26-27(34(29)48)32(46)22(6)36-28(26)37(49)39(8,54-36)52-15-14-25(51-10)19(3)35(53-23(7)43)21(5)31(45)20(4)30(17)44/h11-17,19-21,25,30-31,35,40,44-48H,1-10H3,(H,42,50)/b12-11-,15-14-,18-13-,41-16+/t17-,19+,20+,21+,25-,30-,31+,35+,39-/m0/s1. The maximum Gasteiger partial charge on any atom is 0.312 e. The van der Waals surface area contributed by atoms with Crippen LogP contribution in [-0.4, -0.2) is 93.8 Å². The summed E-state index contributed by atoms with van der Waals surface area (Å²) in [6.07, 6.45) is 4.62. The molecule has 3 aliphatic rings. The summed E-state index contributed by atoms with van der Waals surface area (Å²) >= 11 is 0. The third kappa shape index (κ3) is 7.74. The molecule has 0 unspecified atom stereocenters. The molecular formula is C39H51N3O12. The number of phenols is 3. The highest BCUT2D eigenvalue weighted by molar-refractivity contribution is 6.23. The number of nitrogens with one attached hydrogen (secondary N) is 2. The Kier molecular flexibility index (Phi) is 12.7. The van der Waals surface area contributed by atoms with E-state index in [0.29, 0.717) is 0 Å². The number of esters is 1. The number of allylic oxidation sites excluding steroid dienone is 2. The molecule has 15 nitrogen and oxygen atoms in total. The molecule has 294 valence electrons. The second-order valence-electron chi connectivity index (χ2n) is 14.1. The summed E-state index contributed by atoms with van der Waals surface area (Å²) < 4.78 is 23.4. The Morgan fingerprint density at radius 1 is 0.981 bits per heavy atom. The van der Waals surface area contributed by atoms with Gasteiger partial charge in [0.05, 0.1) is 53.0 Å². The van der Waals surface area contributed by atoms with Crippen LogP contribution >= 0.6 is 0 Å². The molecule has 2 aromatic rings. The van der Waals surface area contributed by atoms with Crippen molar-refractivity contribution in [3.05, 3.63) is 52.8 Å². The highest BCUT2D eigenvalue weighted by Gasteiger charge is 2.50. The third-order valence-electron chi connectivity index (χ3n) is 10.4. The number of methoxy groups -OCH3 is 1. The molecule has 54 heavy (non-hydrogen) atoms. The fourth-order valence-electron chi connectivity index (χ4n) is 7.00. The molecule has 0 aliphatic carbocycles. The molecule has 3 aliphatic heterocycles. The summed E-state index contributed by atoms with van der Waals surface area (Å²) in [6, 6.07) is 0. The molecule has 9 atom stereocenters. The van der Waals surface area contributed by atoms with Gasteiger partial charge in [0.15, 0.2) is 5.75 Å². The minimum absolute atomic E-state index is 0.0446. The van der Waals surface area contributed by atoms with Crippen molar-refractivity contribution >= 4 is 40.3 Å². The average Bonchev–Trinajstić information content (AvgIpc) is 3.39. The van der Waals surface area contributed by atoms with E-state index in [4.69, 9.17) is 18.9 Å². The number of hydrogen-bond donors (Lipinski definition) is 7. The van der Waals surface area contributed by atoms with Crippen molar-refractivity contribution in [3.63, 3.8) is 0 Å². The van der Waals surface area contributed by atoms with Crippen LogP contribution in [-0.2, 0) is 23.8 Å². The number of phenolic OH excluding ortho intramolecular Hbond substituents is 3. The van der Waals surface area contributed by atoms with Crippen LogP contribution in [0, 0.1) is 30.6 Å². The first-order valence-corrected chi connectivity index (χ1v) is 17.6. The van der Waals surface area contributed by atoms with Crippen molar-refractivity contribution in [1.29, 1.82) is 0 Å². The van der Waals surface area contributed by atoms with Gasteiger partial charge in [-0.05, 0) is 19.9 Å². The lowest BCUT2D eigenvalue weighted by atomic mass is 9.78. The molecule has 7 N–H and O–H groups in total. The molecule has 2 aromatic carbocycles. The predicted octanol–water partition coefficient (Wildman–Crippen LogP) is 4.31. The van der Waals surface area contributed by atoms with Gasteiger partial charge in [-0.15, -0.1) is 0 Å². The zero-order valence-electron chi connectivity index (χ0n) is 32.1. The number of ether oxygens (including phenoxy) is 4. The number of hydrazone groups is 1. The van der Waals surface area contributed by atoms with E-state index in [2.05, 4.69) is 15.8 Å². The lowest BCUT2D eigenvalue weighted by molar-refractivity contribution is -0.160. The fraction of sp³-hybridized carbons (Fsp3) is 0.487. The second-order valence-corrected chi connectivity index (χ2v) is 14.1. The SMILES string of the molecule is CN/N=C/c1c2c(O)c3c(O)c(C)c4c(c3c1O)C(=O)[C@@](C)(O/C=C\[C@H](OC)[C@@H](C)[C@@H](OC(C)=O)[C@H](C)[C@H](O)[C@H](C)[C@@H](O)[C@@H](C)/C=C\C=C(\C)C(=O)N2)O4. The van der Waals surface area contributed by atoms with Crippen LogP contribution in [0.5, 0.6) is 23.0 Å². The number of hydrogen-bond acceptors (Lipinski definition) is 14. The van der Waals surface area contributed by atoms with Crippen molar-refractivity contribution < 1.29 is 58.9 Å². The molecule has 15 heteroatoms. The third-order valence-corrected chi connectivity index (χ3v) is 10.4. The number of aliphatic hydroxyl groups excluding tert-OH is 2. The fourth-order valence-corrected chi connectivity index (χ4v) is 7.00. The van der Waals surface area contributed by atoms with Gasteiger partial charge in [-0.25, -0.2) is 0 Å². The number of ketones is 1. The van der Waals surface area contributed by atoms with Crippen molar-refractivity contribution in [2.45, 2.75) is 85.6 Å². The van der Waals surface area contributed by atoms with E-state index in [-0.39, 0.29) is 44.5 Å². The number of benzene rings is 2. The molecule has 0 fully saturated rings. The number of amides is 1. The molecule has 0 saturated carbocycles. The summed E-state index contributed by atoms with van der Waals surface area (Å²) in [5, 5.41) is 63.4. The summed E-state index contributed by atoms with van der Waals surface area (Å²) in [7, 11) is 2.91. The number of carbonyl (C=O) groups is 3. The van der Waals surface area contributed by atoms with Gasteiger partial charge in [0.1, 0.15) is 23.4 Å². The van der Waals surface area contributed by atoms with Gasteiger partial charge in [0.2, 0.25) is 0 Å². The largest absolute Gasteiger partial charge is 0.507 e. The Morgan fingerprint density at radius 2 is 1.65 bits per heavy atom. The number of carbonyl (C=O) groups excluding carboxylic acids is 3. The second kappa shape index (κ2) is 16.5. The van der Waals surface area contributed by atoms with E-state index in [1.165, 1.54) is 60.3 Å². The molecule has 5 bridgehead atoms. The van der Waals surface area contributed by atoms with Gasteiger partial charge < -0.3 is 55.2 Å². The predicted molar refractivity (Wildman–Crippen MR) is 200 cm³/mol. The van der Waals surface area contributed by atoms with Gasteiger partial charge in [-0.2, -0.15) is 5.10 Å². The summed E-state index contributed by atoms with van der Waals surface area (Å²) in [5.74, 6) is -8.46. The number of aliphatic hydroxyl groups is 2. The topological polar surface area (TPSA) is 226 Å². The number of Topliss-reactive ketones (excluding diaryl/α,β-unsaturated/α-hetero) is 1. The van der Waals surface area contributed by atoms with Crippen molar-refractivity contribution in [2.75, 3.05) is 19.5 Å². The highest BCUT2D eigenvalue weighted by atomic mass is 16.7. The van der Waals surface area contributed by atoms with Crippen LogP contribution in [0.4, 0.5) is 5.69 Å². The van der Waals surface area contributed by atoms with Crippen LogP contribution in [0.15, 0.2) is 41.2 Å². The Balaban J connectivity index is 1.96. The summed E-state index contributed by atoms with van der Waals surface area (Å²) in [5.41, 5.74) is 2.05. The number of aromatic hydroxyl groups is 3. The van der Waals surface area contributed by atoms with E-state index in [1.54, 1.807) is 39.8 Å². The highest BCUT2D eigenvalue weighted by Crippen LogP contribution is 2.55. The molecule has 3 heterocycles. The van der Waals surface area contributed by atoms with Gasteiger partial charge in [-0.3, -0.25) is 14.4 Å². The molecule has 1 amide bonds. The van der Waals surface area contributed by atoms with Crippen LogP contribution < -0.4 is 15.5 Å². The molecule has 0 aromatic heterocycles. The van der Waals surface area contributed by atoms with E-state index < -0.39 is 88.8 Å². The zero-order valence-corrected chi connectivity index (χ0v) is 32.1. The Hall–Kier alpha value is -5.12. The lowest BCUT2D eigenvalue weighted by Crippen LogP contribution is -2.46. The lowest BCUT2D eigenvalue weighted by Gasteiger charge is -2.38. The van der Waals surface area contributed by atoms with Gasteiger partial charge >= 0.3 is 11.8 Å². The van der Waals surface area contributed by atoms with Gasteiger partial charge in [-0.1, -0.05) is 45.9 Å².